The molecule has 1 aliphatic rings. The summed E-state index contributed by atoms with van der Waals surface area (Å²) in [6, 6.07) is 16.8. The zero-order valence-electron chi connectivity index (χ0n) is 18.9. The standard InChI is InChI=1S/C27H28N4O2/c1-3-18-9-14-22(17-24(18)25-23-8-6-5-7-19(23)15-16-29-25)30-26(32)20-10-12-21(13-11-20)31-27(33)28-4-2/h5-8,10-18H,3-4,9H2,1-2H3,(H,30,32)(H2,28,31,33)/t18-/m1/s1. The third-order valence-corrected chi connectivity index (χ3v) is 5.81. The molecule has 3 N–H and O–H groups in total. The number of hydrogen-bond donors (Lipinski definition) is 3. The molecule has 2 aromatic carbocycles. The van der Waals surface area contributed by atoms with Crippen LogP contribution in [0.3, 0.4) is 0 Å². The minimum atomic E-state index is -0.271. The largest absolute Gasteiger partial charge is 0.338 e. The maximum Gasteiger partial charge on any atom is 0.319 e. The van der Waals surface area contributed by atoms with Gasteiger partial charge in [0.05, 0.1) is 5.69 Å². The van der Waals surface area contributed by atoms with E-state index in [1.54, 1.807) is 24.3 Å². The maximum absolute atomic E-state index is 12.9. The van der Waals surface area contributed by atoms with Gasteiger partial charge in [-0.25, -0.2) is 4.79 Å². The van der Waals surface area contributed by atoms with Gasteiger partial charge in [-0.2, -0.15) is 0 Å². The number of rotatable bonds is 6. The molecule has 168 valence electrons. The van der Waals surface area contributed by atoms with Gasteiger partial charge in [-0.3, -0.25) is 9.78 Å². The van der Waals surface area contributed by atoms with E-state index in [1.807, 2.05) is 31.3 Å². The third kappa shape index (κ3) is 5.12. The van der Waals surface area contributed by atoms with Crippen molar-refractivity contribution in [3.63, 3.8) is 0 Å². The van der Waals surface area contributed by atoms with Crippen LogP contribution in [0.2, 0.25) is 0 Å². The van der Waals surface area contributed by atoms with Crippen molar-refractivity contribution >= 4 is 34.0 Å². The molecule has 1 aliphatic carbocycles. The number of aromatic nitrogens is 1. The van der Waals surface area contributed by atoms with E-state index in [4.69, 9.17) is 4.98 Å². The average Bonchev–Trinajstić information content (AvgIpc) is 2.84. The summed E-state index contributed by atoms with van der Waals surface area (Å²) in [6.07, 6.45) is 7.81. The summed E-state index contributed by atoms with van der Waals surface area (Å²) in [5, 5.41) is 10.7. The average molecular weight is 441 g/mol. The van der Waals surface area contributed by atoms with Crippen LogP contribution in [0.4, 0.5) is 10.5 Å². The number of fused-ring (bicyclic) bond motifs is 1. The van der Waals surface area contributed by atoms with E-state index in [9.17, 15) is 9.59 Å². The number of carbonyl (C=O) groups excluding carboxylic acids is 2. The fraction of sp³-hybridized carbons (Fsp3) is 0.222. The molecule has 0 spiro atoms. The molecule has 4 rings (SSSR count). The van der Waals surface area contributed by atoms with E-state index < -0.39 is 0 Å². The fourth-order valence-electron chi connectivity index (χ4n) is 4.07. The summed E-state index contributed by atoms with van der Waals surface area (Å²) in [5.41, 5.74) is 4.05. The van der Waals surface area contributed by atoms with Crippen molar-refractivity contribution < 1.29 is 9.59 Å². The van der Waals surface area contributed by atoms with Crippen LogP contribution in [0.25, 0.3) is 16.3 Å². The Morgan fingerprint density at radius 1 is 1.00 bits per heavy atom. The number of anilines is 1. The Kier molecular flexibility index (Phi) is 6.83. The molecule has 0 aliphatic heterocycles. The first kappa shape index (κ1) is 22.3. The quantitative estimate of drug-likeness (QED) is 0.473. The second-order valence-electron chi connectivity index (χ2n) is 8.00. The normalized spacial score (nSPS) is 15.4. The number of nitrogens with one attached hydrogen (secondary N) is 3. The van der Waals surface area contributed by atoms with Gasteiger partial charge in [-0.15, -0.1) is 0 Å². The van der Waals surface area contributed by atoms with Crippen LogP contribution < -0.4 is 16.0 Å². The van der Waals surface area contributed by atoms with Gasteiger partial charge in [0.15, 0.2) is 0 Å². The first-order valence-corrected chi connectivity index (χ1v) is 11.3. The lowest BCUT2D eigenvalue weighted by atomic mass is 9.84. The molecule has 33 heavy (non-hydrogen) atoms. The molecule has 0 saturated carbocycles. The molecule has 0 fully saturated rings. The lowest BCUT2D eigenvalue weighted by molar-refractivity contribution is 0.0967. The molecule has 0 bridgehead atoms. The molecule has 3 amide bonds. The first-order chi connectivity index (χ1) is 16.1. The van der Waals surface area contributed by atoms with E-state index in [0.717, 1.165) is 40.6 Å². The highest BCUT2D eigenvalue weighted by Gasteiger charge is 2.21. The van der Waals surface area contributed by atoms with E-state index >= 15 is 0 Å². The van der Waals surface area contributed by atoms with Crippen molar-refractivity contribution in [2.24, 2.45) is 5.92 Å². The predicted octanol–water partition coefficient (Wildman–Crippen LogP) is 5.50. The number of benzene rings is 2. The molecule has 0 radical (unpaired) electrons. The summed E-state index contributed by atoms with van der Waals surface area (Å²) in [5.74, 6) is 0.158. The van der Waals surface area contributed by atoms with Crippen LogP contribution in [-0.2, 0) is 0 Å². The second-order valence-corrected chi connectivity index (χ2v) is 8.00. The Balaban J connectivity index is 1.53. The minimum Gasteiger partial charge on any atom is -0.338 e. The molecule has 1 aromatic heterocycles. The third-order valence-electron chi connectivity index (χ3n) is 5.81. The summed E-state index contributed by atoms with van der Waals surface area (Å²) in [7, 11) is 0. The van der Waals surface area contributed by atoms with Gasteiger partial charge < -0.3 is 16.0 Å². The van der Waals surface area contributed by atoms with Crippen molar-refractivity contribution in [2.45, 2.75) is 26.7 Å². The summed E-state index contributed by atoms with van der Waals surface area (Å²) in [6.45, 7) is 4.58. The fourth-order valence-corrected chi connectivity index (χ4v) is 4.07. The molecular weight excluding hydrogens is 412 g/mol. The maximum atomic E-state index is 12.9. The SMILES string of the molecule is CCNC(=O)Nc1ccc(C(=O)NC2=CC[C@@H](CC)C(c3nccc4ccccc34)=C2)cc1. The highest BCUT2D eigenvalue weighted by atomic mass is 16.2. The van der Waals surface area contributed by atoms with Gasteiger partial charge in [-0.1, -0.05) is 37.3 Å². The number of carbonyl (C=O) groups is 2. The molecule has 6 heteroatoms. The van der Waals surface area contributed by atoms with Crippen molar-refractivity contribution in [3.05, 3.63) is 89.9 Å². The molecule has 6 nitrogen and oxygen atoms in total. The highest BCUT2D eigenvalue weighted by molar-refractivity contribution is 5.98. The molecule has 1 atom stereocenters. The second kappa shape index (κ2) is 10.1. The van der Waals surface area contributed by atoms with Crippen LogP contribution in [0.15, 0.2) is 78.6 Å². The summed E-state index contributed by atoms with van der Waals surface area (Å²) in [4.78, 5) is 29.2. The van der Waals surface area contributed by atoms with Gasteiger partial charge in [-0.05, 0) is 73.1 Å². The molecule has 3 aromatic rings. The topological polar surface area (TPSA) is 83.1 Å². The Bertz CT molecular complexity index is 1220. The smallest absolute Gasteiger partial charge is 0.319 e. The zero-order valence-corrected chi connectivity index (χ0v) is 18.9. The molecule has 1 heterocycles. The minimum absolute atomic E-state index is 0.192. The van der Waals surface area contributed by atoms with E-state index in [-0.39, 0.29) is 11.9 Å². The number of hydrogen-bond acceptors (Lipinski definition) is 3. The number of urea groups is 1. The van der Waals surface area contributed by atoms with Crippen molar-refractivity contribution in [1.29, 1.82) is 0 Å². The summed E-state index contributed by atoms with van der Waals surface area (Å²) >= 11 is 0. The lowest BCUT2D eigenvalue weighted by Crippen LogP contribution is -2.28. The number of allylic oxidation sites excluding steroid dienone is 3. The highest BCUT2D eigenvalue weighted by Crippen LogP contribution is 2.35. The predicted molar refractivity (Wildman–Crippen MR) is 133 cm³/mol. The van der Waals surface area contributed by atoms with Crippen LogP contribution in [-0.4, -0.2) is 23.5 Å². The van der Waals surface area contributed by atoms with Gasteiger partial charge >= 0.3 is 6.03 Å². The Morgan fingerprint density at radius 3 is 2.55 bits per heavy atom. The Labute approximate surface area is 193 Å². The van der Waals surface area contributed by atoms with Crippen LogP contribution in [0.1, 0.15) is 42.7 Å². The van der Waals surface area contributed by atoms with Crippen molar-refractivity contribution in [3.8, 4) is 0 Å². The molecular formula is C27H28N4O2. The van der Waals surface area contributed by atoms with Gasteiger partial charge in [0.25, 0.3) is 5.91 Å². The lowest BCUT2D eigenvalue weighted by Gasteiger charge is -2.24. The van der Waals surface area contributed by atoms with E-state index in [0.29, 0.717) is 23.7 Å². The Morgan fingerprint density at radius 2 is 1.79 bits per heavy atom. The van der Waals surface area contributed by atoms with Crippen molar-refractivity contribution in [1.82, 2.24) is 15.6 Å². The van der Waals surface area contributed by atoms with Gasteiger partial charge in [0.1, 0.15) is 0 Å². The monoisotopic (exact) mass is 440 g/mol. The first-order valence-electron chi connectivity index (χ1n) is 11.3. The van der Waals surface area contributed by atoms with Gasteiger partial charge in [0.2, 0.25) is 0 Å². The number of nitrogens with zero attached hydrogens (tertiary/aromatic N) is 1. The van der Waals surface area contributed by atoms with Crippen LogP contribution in [0, 0.1) is 5.92 Å². The van der Waals surface area contributed by atoms with Crippen LogP contribution >= 0.6 is 0 Å². The number of amides is 3. The Hall–Kier alpha value is -3.93. The van der Waals surface area contributed by atoms with Gasteiger partial charge in [0, 0.05) is 35.1 Å². The summed E-state index contributed by atoms with van der Waals surface area (Å²) < 4.78 is 0. The van der Waals surface area contributed by atoms with E-state index in [1.165, 1.54) is 0 Å². The van der Waals surface area contributed by atoms with Crippen molar-refractivity contribution in [2.75, 3.05) is 11.9 Å². The molecule has 0 saturated heterocycles. The zero-order chi connectivity index (χ0) is 23.2. The van der Waals surface area contributed by atoms with E-state index in [2.05, 4.69) is 47.2 Å². The molecule has 0 unspecified atom stereocenters. The van der Waals surface area contributed by atoms with Crippen LogP contribution in [0.5, 0.6) is 0 Å². The number of pyridine rings is 1.